The van der Waals surface area contributed by atoms with Gasteiger partial charge in [0.15, 0.2) is 6.61 Å². The molecule has 7 heteroatoms. The molecule has 0 aromatic heterocycles. The van der Waals surface area contributed by atoms with Gasteiger partial charge in [0.05, 0.1) is 28.8 Å². The first kappa shape index (κ1) is 19.1. The Hall–Kier alpha value is -2.24. The highest BCUT2D eigenvalue weighted by Gasteiger charge is 2.12. The predicted molar refractivity (Wildman–Crippen MR) is 96.3 cm³/mol. The van der Waals surface area contributed by atoms with Gasteiger partial charge in [-0.3, -0.25) is 4.79 Å². The summed E-state index contributed by atoms with van der Waals surface area (Å²) in [7, 11) is 1.31. The second kappa shape index (κ2) is 8.74. The van der Waals surface area contributed by atoms with Crippen LogP contribution in [0.5, 0.6) is 5.75 Å². The Bertz CT molecular complexity index is 762. The van der Waals surface area contributed by atoms with Gasteiger partial charge in [-0.2, -0.15) is 0 Å². The van der Waals surface area contributed by atoms with Crippen LogP contribution in [-0.4, -0.2) is 25.6 Å². The lowest BCUT2D eigenvalue weighted by Gasteiger charge is -2.15. The first-order valence-electron chi connectivity index (χ1n) is 7.46. The number of nitrogens with one attached hydrogen (secondary N) is 1. The third-order valence-corrected chi connectivity index (χ3v) is 4.21. The van der Waals surface area contributed by atoms with Crippen LogP contribution < -0.4 is 10.1 Å². The molecule has 0 aliphatic rings. The van der Waals surface area contributed by atoms with E-state index in [0.717, 1.165) is 5.56 Å². The zero-order chi connectivity index (χ0) is 18.4. The Kier molecular flexibility index (Phi) is 6.67. The summed E-state index contributed by atoms with van der Waals surface area (Å²) >= 11 is 11.9. The molecule has 0 aliphatic carbocycles. The molecule has 2 rings (SSSR count). The van der Waals surface area contributed by atoms with Crippen LogP contribution in [0, 0.1) is 0 Å². The van der Waals surface area contributed by atoms with Gasteiger partial charge in [0.25, 0.3) is 5.91 Å². The van der Waals surface area contributed by atoms with Crippen molar-refractivity contribution in [2.24, 2.45) is 0 Å². The molecule has 0 spiro atoms. The van der Waals surface area contributed by atoms with Crippen LogP contribution in [0.25, 0.3) is 0 Å². The lowest BCUT2D eigenvalue weighted by Crippen LogP contribution is -2.31. The van der Waals surface area contributed by atoms with Gasteiger partial charge >= 0.3 is 5.97 Å². The fourth-order valence-corrected chi connectivity index (χ4v) is 2.41. The Morgan fingerprint density at radius 3 is 2.36 bits per heavy atom. The molecule has 0 bridgehead atoms. The molecule has 25 heavy (non-hydrogen) atoms. The zero-order valence-electron chi connectivity index (χ0n) is 13.7. The number of carbonyl (C=O) groups is 2. The standard InChI is InChI=1S/C18H17Cl2NO4/c1-11(13-5-8-15(19)16(20)9-13)21-17(22)10-25-14-6-3-12(4-7-14)18(23)24-2/h3-9,11H,10H2,1-2H3,(H,21,22). The third-order valence-electron chi connectivity index (χ3n) is 3.47. The van der Waals surface area contributed by atoms with Crippen molar-refractivity contribution in [2.75, 3.05) is 13.7 Å². The molecule has 1 N–H and O–H groups in total. The van der Waals surface area contributed by atoms with Gasteiger partial charge in [-0.15, -0.1) is 0 Å². The van der Waals surface area contributed by atoms with Crippen LogP contribution in [0.2, 0.25) is 10.0 Å². The molecular formula is C18H17Cl2NO4. The SMILES string of the molecule is COC(=O)c1ccc(OCC(=O)NC(C)c2ccc(Cl)c(Cl)c2)cc1. The zero-order valence-corrected chi connectivity index (χ0v) is 15.2. The van der Waals surface area contributed by atoms with E-state index in [1.807, 2.05) is 6.92 Å². The monoisotopic (exact) mass is 381 g/mol. The Labute approximate surface area is 155 Å². The fourth-order valence-electron chi connectivity index (χ4n) is 2.10. The van der Waals surface area contributed by atoms with E-state index in [4.69, 9.17) is 27.9 Å². The third kappa shape index (κ3) is 5.37. The summed E-state index contributed by atoms with van der Waals surface area (Å²) in [6, 6.07) is 11.3. The topological polar surface area (TPSA) is 64.6 Å². The molecule has 132 valence electrons. The average molecular weight is 382 g/mol. The Morgan fingerprint density at radius 1 is 1.08 bits per heavy atom. The molecular weight excluding hydrogens is 365 g/mol. The van der Waals surface area contributed by atoms with Crippen molar-refractivity contribution in [2.45, 2.75) is 13.0 Å². The van der Waals surface area contributed by atoms with Crippen molar-refractivity contribution >= 4 is 35.1 Å². The number of halogens is 2. The summed E-state index contributed by atoms with van der Waals surface area (Å²) in [5.74, 6) is -0.236. The smallest absolute Gasteiger partial charge is 0.337 e. The fraction of sp³-hybridized carbons (Fsp3) is 0.222. The number of ether oxygens (including phenoxy) is 2. The second-order valence-electron chi connectivity index (χ2n) is 5.27. The number of benzene rings is 2. The lowest BCUT2D eigenvalue weighted by atomic mass is 10.1. The van der Waals surface area contributed by atoms with Gasteiger partial charge in [0, 0.05) is 0 Å². The molecule has 1 amide bonds. The van der Waals surface area contributed by atoms with E-state index in [9.17, 15) is 9.59 Å². The summed E-state index contributed by atoms with van der Waals surface area (Å²) in [6.07, 6.45) is 0. The summed E-state index contributed by atoms with van der Waals surface area (Å²) < 4.78 is 10.0. The van der Waals surface area contributed by atoms with E-state index >= 15 is 0 Å². The van der Waals surface area contributed by atoms with E-state index < -0.39 is 5.97 Å². The van der Waals surface area contributed by atoms with Crippen molar-refractivity contribution in [3.8, 4) is 5.75 Å². The number of carbonyl (C=O) groups excluding carboxylic acids is 2. The molecule has 1 unspecified atom stereocenters. The van der Waals surface area contributed by atoms with Crippen molar-refractivity contribution in [1.82, 2.24) is 5.32 Å². The number of hydrogen-bond acceptors (Lipinski definition) is 4. The highest BCUT2D eigenvalue weighted by Crippen LogP contribution is 2.25. The summed E-state index contributed by atoms with van der Waals surface area (Å²) in [4.78, 5) is 23.4. The normalized spacial score (nSPS) is 11.5. The van der Waals surface area contributed by atoms with Crippen molar-refractivity contribution in [3.05, 3.63) is 63.6 Å². The van der Waals surface area contributed by atoms with Gasteiger partial charge in [-0.25, -0.2) is 4.79 Å². The molecule has 5 nitrogen and oxygen atoms in total. The number of rotatable bonds is 6. The van der Waals surface area contributed by atoms with Crippen LogP contribution in [0.1, 0.15) is 28.9 Å². The quantitative estimate of drug-likeness (QED) is 0.766. The summed E-state index contributed by atoms with van der Waals surface area (Å²) in [5, 5.41) is 3.71. The van der Waals surface area contributed by atoms with E-state index in [1.165, 1.54) is 7.11 Å². The molecule has 1 atom stereocenters. The molecule has 0 aliphatic heterocycles. The van der Waals surface area contributed by atoms with Gasteiger partial charge in [0.2, 0.25) is 0 Å². The molecule has 0 saturated carbocycles. The first-order valence-corrected chi connectivity index (χ1v) is 8.21. The number of esters is 1. The maximum Gasteiger partial charge on any atom is 0.337 e. The van der Waals surface area contributed by atoms with Gasteiger partial charge in [-0.1, -0.05) is 29.3 Å². The molecule has 2 aromatic rings. The van der Waals surface area contributed by atoms with E-state index in [2.05, 4.69) is 10.1 Å². The van der Waals surface area contributed by atoms with Gasteiger partial charge in [-0.05, 0) is 48.9 Å². The minimum atomic E-state index is -0.431. The summed E-state index contributed by atoms with van der Waals surface area (Å²) in [6.45, 7) is 1.69. The van der Waals surface area contributed by atoms with E-state index in [-0.39, 0.29) is 18.6 Å². The van der Waals surface area contributed by atoms with Crippen LogP contribution in [0.3, 0.4) is 0 Å². The van der Waals surface area contributed by atoms with Crippen molar-refractivity contribution < 1.29 is 19.1 Å². The maximum absolute atomic E-state index is 12.0. The van der Waals surface area contributed by atoms with Gasteiger partial charge in [0.1, 0.15) is 5.75 Å². The molecule has 0 saturated heterocycles. The number of amides is 1. The average Bonchev–Trinajstić information content (AvgIpc) is 2.62. The lowest BCUT2D eigenvalue weighted by molar-refractivity contribution is -0.123. The molecule has 2 aromatic carbocycles. The second-order valence-corrected chi connectivity index (χ2v) is 6.08. The highest BCUT2D eigenvalue weighted by molar-refractivity contribution is 6.42. The van der Waals surface area contributed by atoms with Crippen LogP contribution in [-0.2, 0) is 9.53 Å². The molecule has 0 fully saturated rings. The van der Waals surface area contributed by atoms with Crippen LogP contribution in [0.4, 0.5) is 0 Å². The maximum atomic E-state index is 12.0. The Morgan fingerprint density at radius 2 is 1.76 bits per heavy atom. The largest absolute Gasteiger partial charge is 0.484 e. The van der Waals surface area contributed by atoms with E-state index in [0.29, 0.717) is 21.4 Å². The van der Waals surface area contributed by atoms with Crippen LogP contribution in [0.15, 0.2) is 42.5 Å². The van der Waals surface area contributed by atoms with Crippen molar-refractivity contribution in [1.29, 1.82) is 0 Å². The van der Waals surface area contributed by atoms with E-state index in [1.54, 1.807) is 42.5 Å². The minimum absolute atomic E-state index is 0.150. The van der Waals surface area contributed by atoms with Crippen LogP contribution >= 0.6 is 23.2 Å². The van der Waals surface area contributed by atoms with Crippen molar-refractivity contribution in [3.63, 3.8) is 0 Å². The molecule has 0 radical (unpaired) electrons. The number of hydrogen-bond donors (Lipinski definition) is 1. The number of methoxy groups -OCH3 is 1. The van der Waals surface area contributed by atoms with Gasteiger partial charge < -0.3 is 14.8 Å². The minimum Gasteiger partial charge on any atom is -0.484 e. The predicted octanol–water partition coefficient (Wildman–Crippen LogP) is 4.04. The highest BCUT2D eigenvalue weighted by atomic mass is 35.5. The first-order chi connectivity index (χ1) is 11.9. The molecule has 0 heterocycles. The Balaban J connectivity index is 1.87. The summed E-state index contributed by atoms with van der Waals surface area (Å²) in [5.41, 5.74) is 1.25.